The number of aryl methyl sites for hydroxylation is 2. The smallest absolute Gasteiger partial charge is 0.269 e. The van der Waals surface area contributed by atoms with Crippen molar-refractivity contribution in [2.45, 2.75) is 32.7 Å². The van der Waals surface area contributed by atoms with E-state index in [9.17, 15) is 4.79 Å². The molecule has 0 aliphatic carbocycles. The molecule has 8 nitrogen and oxygen atoms in total. The molecular weight excluding hydrogens is 448 g/mol. The van der Waals surface area contributed by atoms with Gasteiger partial charge in [-0.2, -0.15) is 5.10 Å². The van der Waals surface area contributed by atoms with Crippen LogP contribution in [-0.4, -0.2) is 48.7 Å². The van der Waals surface area contributed by atoms with E-state index in [1.807, 2.05) is 13.8 Å². The van der Waals surface area contributed by atoms with Gasteiger partial charge in [0.25, 0.3) is 11.5 Å². The lowest BCUT2D eigenvalue weighted by molar-refractivity contribution is -0.0720. The molecule has 0 saturated carbocycles. The Morgan fingerprint density at radius 3 is 2.79 bits per heavy atom. The van der Waals surface area contributed by atoms with Gasteiger partial charge in [0.15, 0.2) is 5.65 Å². The number of anilines is 1. The van der Waals surface area contributed by atoms with Crippen LogP contribution in [0.3, 0.4) is 0 Å². The Morgan fingerprint density at radius 1 is 1.18 bits per heavy atom. The van der Waals surface area contributed by atoms with E-state index in [1.165, 1.54) is 23.7 Å². The highest BCUT2D eigenvalue weighted by atomic mass is 32.1. The van der Waals surface area contributed by atoms with Gasteiger partial charge in [0, 0.05) is 24.7 Å². The quantitative estimate of drug-likeness (QED) is 0.452. The SMILES string of the molecule is Cc1nc(C)c(-c2ccc(=O)n(CC3CCN(c4ncnc5ncccc45)CC3(F)F)n2)s1. The lowest BCUT2D eigenvalue weighted by Gasteiger charge is -2.39. The summed E-state index contributed by atoms with van der Waals surface area (Å²) in [6.07, 6.45) is 3.14. The van der Waals surface area contributed by atoms with Gasteiger partial charge in [0.05, 0.1) is 34.1 Å². The largest absolute Gasteiger partial charge is 0.350 e. The van der Waals surface area contributed by atoms with Crippen LogP contribution in [0.2, 0.25) is 0 Å². The maximum atomic E-state index is 15.3. The van der Waals surface area contributed by atoms with Crippen LogP contribution >= 0.6 is 11.3 Å². The third kappa shape index (κ3) is 4.08. The zero-order valence-corrected chi connectivity index (χ0v) is 18.9. The Kier molecular flexibility index (Phi) is 5.35. The summed E-state index contributed by atoms with van der Waals surface area (Å²) in [6, 6.07) is 6.51. The van der Waals surface area contributed by atoms with Gasteiger partial charge in [-0.15, -0.1) is 11.3 Å². The van der Waals surface area contributed by atoms with E-state index < -0.39 is 23.9 Å². The molecule has 5 rings (SSSR count). The van der Waals surface area contributed by atoms with Gasteiger partial charge in [-0.05, 0) is 38.5 Å². The minimum Gasteiger partial charge on any atom is -0.350 e. The molecule has 4 aromatic rings. The fraction of sp³-hybridized carbons (Fsp3) is 0.364. The van der Waals surface area contributed by atoms with Crippen molar-refractivity contribution in [1.82, 2.24) is 29.7 Å². The number of piperidine rings is 1. The number of hydrogen-bond donors (Lipinski definition) is 0. The molecule has 0 amide bonds. The Morgan fingerprint density at radius 2 is 2.03 bits per heavy atom. The molecule has 0 bridgehead atoms. The van der Waals surface area contributed by atoms with E-state index in [0.717, 1.165) is 20.3 Å². The van der Waals surface area contributed by atoms with Gasteiger partial charge in [-0.1, -0.05) is 0 Å². The molecule has 1 fully saturated rings. The first-order valence-electron chi connectivity index (χ1n) is 10.5. The van der Waals surface area contributed by atoms with Crippen molar-refractivity contribution in [2.24, 2.45) is 5.92 Å². The van der Waals surface area contributed by atoms with E-state index in [-0.39, 0.29) is 13.0 Å². The summed E-state index contributed by atoms with van der Waals surface area (Å²) in [5, 5.41) is 5.91. The summed E-state index contributed by atoms with van der Waals surface area (Å²) in [4.78, 5) is 31.7. The zero-order chi connectivity index (χ0) is 23.2. The molecule has 33 heavy (non-hydrogen) atoms. The third-order valence-electron chi connectivity index (χ3n) is 5.83. The Balaban J connectivity index is 1.39. The molecule has 1 aliphatic heterocycles. The number of hydrogen-bond acceptors (Lipinski definition) is 8. The lowest BCUT2D eigenvalue weighted by atomic mass is 9.92. The second-order valence-corrected chi connectivity index (χ2v) is 9.33. The number of fused-ring (bicyclic) bond motifs is 1. The van der Waals surface area contributed by atoms with Gasteiger partial charge in [-0.3, -0.25) is 4.79 Å². The molecule has 170 valence electrons. The molecule has 1 saturated heterocycles. The fourth-order valence-corrected chi connectivity index (χ4v) is 5.09. The highest BCUT2D eigenvalue weighted by Crippen LogP contribution is 2.37. The first-order valence-corrected chi connectivity index (χ1v) is 11.3. The second-order valence-electron chi connectivity index (χ2n) is 8.13. The Labute approximate surface area is 192 Å². The number of aromatic nitrogens is 6. The molecule has 0 spiro atoms. The molecular formula is C22H21F2N7OS. The maximum Gasteiger partial charge on any atom is 0.269 e. The van der Waals surface area contributed by atoms with E-state index in [4.69, 9.17) is 0 Å². The van der Waals surface area contributed by atoms with Crippen molar-refractivity contribution in [2.75, 3.05) is 18.0 Å². The number of halogens is 2. The second kappa shape index (κ2) is 8.22. The van der Waals surface area contributed by atoms with Crippen LogP contribution in [0.5, 0.6) is 0 Å². The average molecular weight is 470 g/mol. The topological polar surface area (TPSA) is 89.7 Å². The molecule has 0 aromatic carbocycles. The van der Waals surface area contributed by atoms with Crippen molar-refractivity contribution in [3.05, 3.63) is 57.8 Å². The molecule has 0 radical (unpaired) electrons. The van der Waals surface area contributed by atoms with E-state index in [0.29, 0.717) is 29.1 Å². The lowest BCUT2D eigenvalue weighted by Crippen LogP contribution is -2.51. The summed E-state index contributed by atoms with van der Waals surface area (Å²) in [6.45, 7) is 3.48. The van der Waals surface area contributed by atoms with Crippen LogP contribution in [-0.2, 0) is 6.54 Å². The number of rotatable bonds is 4. The Hall–Kier alpha value is -3.34. The van der Waals surface area contributed by atoms with Crippen LogP contribution in [0.25, 0.3) is 21.6 Å². The molecule has 1 aliphatic rings. The summed E-state index contributed by atoms with van der Waals surface area (Å²) in [5.41, 5.74) is 1.44. The summed E-state index contributed by atoms with van der Waals surface area (Å²) >= 11 is 1.47. The monoisotopic (exact) mass is 469 g/mol. The van der Waals surface area contributed by atoms with Crippen LogP contribution in [0.15, 0.2) is 41.6 Å². The van der Waals surface area contributed by atoms with Crippen LogP contribution < -0.4 is 10.5 Å². The first kappa shape index (κ1) is 21.5. The molecule has 11 heteroatoms. The highest BCUT2D eigenvalue weighted by molar-refractivity contribution is 7.15. The van der Waals surface area contributed by atoms with E-state index in [1.54, 1.807) is 29.3 Å². The Bertz CT molecular complexity index is 1380. The number of nitrogens with zero attached hydrogens (tertiary/aromatic N) is 7. The maximum absolute atomic E-state index is 15.3. The van der Waals surface area contributed by atoms with Gasteiger partial charge >= 0.3 is 0 Å². The standard InChI is InChI=1S/C22H21F2N7OS/c1-13-19(33-14(2)28-13)17-5-6-18(32)31(29-17)10-15-7-9-30(11-22(15,23)24)21-16-4-3-8-25-20(16)26-12-27-21/h3-6,8,12,15H,7,9-11H2,1-2H3. The molecule has 4 aromatic heterocycles. The summed E-state index contributed by atoms with van der Waals surface area (Å²) in [5.74, 6) is -3.62. The van der Waals surface area contributed by atoms with Crippen molar-refractivity contribution in [3.8, 4) is 10.6 Å². The van der Waals surface area contributed by atoms with Gasteiger partial charge in [0.1, 0.15) is 17.8 Å². The van der Waals surface area contributed by atoms with Gasteiger partial charge in [0.2, 0.25) is 0 Å². The van der Waals surface area contributed by atoms with Crippen molar-refractivity contribution in [3.63, 3.8) is 0 Å². The predicted octanol–water partition coefficient (Wildman–Crippen LogP) is 3.48. The summed E-state index contributed by atoms with van der Waals surface area (Å²) in [7, 11) is 0. The van der Waals surface area contributed by atoms with Crippen LogP contribution in [0.1, 0.15) is 17.1 Å². The highest BCUT2D eigenvalue weighted by Gasteiger charge is 2.45. The van der Waals surface area contributed by atoms with E-state index in [2.05, 4.69) is 25.0 Å². The van der Waals surface area contributed by atoms with Gasteiger partial charge in [-0.25, -0.2) is 33.4 Å². The van der Waals surface area contributed by atoms with Crippen molar-refractivity contribution >= 4 is 28.2 Å². The number of pyridine rings is 1. The summed E-state index contributed by atoms with van der Waals surface area (Å²) < 4.78 is 31.7. The number of alkyl halides is 2. The minimum absolute atomic E-state index is 0.156. The van der Waals surface area contributed by atoms with Gasteiger partial charge < -0.3 is 4.90 Å². The van der Waals surface area contributed by atoms with Crippen LogP contribution in [0.4, 0.5) is 14.6 Å². The van der Waals surface area contributed by atoms with E-state index >= 15 is 8.78 Å². The normalized spacial score (nSPS) is 18.1. The number of thiazole rings is 1. The third-order valence-corrected chi connectivity index (χ3v) is 6.93. The predicted molar refractivity (Wildman–Crippen MR) is 122 cm³/mol. The first-order chi connectivity index (χ1) is 15.8. The molecule has 0 N–H and O–H groups in total. The minimum atomic E-state index is -3.04. The average Bonchev–Trinajstić information content (AvgIpc) is 3.13. The molecule has 1 unspecified atom stereocenters. The van der Waals surface area contributed by atoms with Crippen molar-refractivity contribution < 1.29 is 8.78 Å². The molecule has 1 atom stereocenters. The van der Waals surface area contributed by atoms with Crippen LogP contribution in [0, 0.1) is 19.8 Å². The fourth-order valence-electron chi connectivity index (χ4n) is 4.20. The molecule has 5 heterocycles. The van der Waals surface area contributed by atoms with Crippen molar-refractivity contribution in [1.29, 1.82) is 0 Å². The zero-order valence-electron chi connectivity index (χ0n) is 18.1.